The van der Waals surface area contributed by atoms with Crippen LogP contribution in [0.25, 0.3) is 0 Å². The Morgan fingerprint density at radius 1 is 1.50 bits per heavy atom. The zero-order valence-corrected chi connectivity index (χ0v) is 11.7. The number of nitrogen functional groups attached to an aromatic ring is 1. The molecule has 1 saturated carbocycles. The second-order valence-corrected chi connectivity index (χ2v) is 5.71. The number of hydrogen-bond donors (Lipinski definition) is 2. The number of nitrogens with two attached hydrogens (primary N) is 1. The molecule has 1 saturated heterocycles. The molecule has 0 unspecified atom stereocenters. The van der Waals surface area contributed by atoms with Crippen molar-refractivity contribution in [2.75, 3.05) is 26.4 Å². The highest BCUT2D eigenvalue weighted by atomic mass is 16.5. The van der Waals surface area contributed by atoms with E-state index < -0.39 is 0 Å². The average Bonchev–Trinajstić information content (AvgIpc) is 2.79. The van der Waals surface area contributed by atoms with Gasteiger partial charge in [-0.3, -0.25) is 4.79 Å². The van der Waals surface area contributed by atoms with Gasteiger partial charge in [0.1, 0.15) is 5.82 Å². The average molecular weight is 276 g/mol. The molecule has 2 aliphatic rings. The first kappa shape index (κ1) is 13.3. The first-order valence-electron chi connectivity index (χ1n) is 6.88. The van der Waals surface area contributed by atoms with Crippen molar-refractivity contribution in [1.82, 2.24) is 15.2 Å². The van der Waals surface area contributed by atoms with Gasteiger partial charge in [0.05, 0.1) is 23.8 Å². The van der Waals surface area contributed by atoms with Crippen molar-refractivity contribution in [3.8, 4) is 0 Å². The van der Waals surface area contributed by atoms with Crippen LogP contribution in [0.5, 0.6) is 0 Å². The number of fused-ring (bicyclic) bond motifs is 1. The second-order valence-electron chi connectivity index (χ2n) is 5.71. The zero-order chi connectivity index (χ0) is 14.3. The Kier molecular flexibility index (Phi) is 3.35. The van der Waals surface area contributed by atoms with Gasteiger partial charge in [-0.15, -0.1) is 0 Å². The molecule has 2 fully saturated rings. The maximum Gasteiger partial charge on any atom is 0.253 e. The van der Waals surface area contributed by atoms with Crippen LogP contribution in [-0.4, -0.2) is 54.7 Å². The summed E-state index contributed by atoms with van der Waals surface area (Å²) in [6, 6.07) is 3.72. The zero-order valence-electron chi connectivity index (χ0n) is 11.7. The van der Waals surface area contributed by atoms with E-state index in [-0.39, 0.29) is 24.1 Å². The van der Waals surface area contributed by atoms with Crippen LogP contribution in [0.2, 0.25) is 0 Å². The lowest BCUT2D eigenvalue weighted by Gasteiger charge is -2.50. The molecule has 6 heteroatoms. The van der Waals surface area contributed by atoms with Crippen LogP contribution >= 0.6 is 0 Å². The topological polar surface area (TPSA) is 80.5 Å². The summed E-state index contributed by atoms with van der Waals surface area (Å²) in [5, 5.41) is 3.11. The summed E-state index contributed by atoms with van der Waals surface area (Å²) in [4.78, 5) is 18.3. The molecule has 108 valence electrons. The normalized spacial score (nSPS) is 31.8. The third-order valence-corrected chi connectivity index (χ3v) is 4.29. The molecule has 0 aromatic carbocycles. The highest BCUT2D eigenvalue weighted by Gasteiger charge is 2.55. The summed E-state index contributed by atoms with van der Waals surface area (Å²) in [5.41, 5.74) is 6.07. The summed E-state index contributed by atoms with van der Waals surface area (Å²) in [5.74, 6) is 0.744. The molecule has 6 nitrogen and oxygen atoms in total. The van der Waals surface area contributed by atoms with Crippen molar-refractivity contribution in [2.45, 2.75) is 24.6 Å². The SMILES string of the molecule is CN(C)[C@@H]1[C@@H](NC(=O)c2ccc(N)nc2)[C@H]2CCO[C@H]21. The lowest BCUT2D eigenvalue weighted by atomic mass is 9.71. The summed E-state index contributed by atoms with van der Waals surface area (Å²) < 4.78 is 5.74. The second kappa shape index (κ2) is 5.03. The van der Waals surface area contributed by atoms with Crippen LogP contribution in [0.4, 0.5) is 5.82 Å². The van der Waals surface area contributed by atoms with Crippen LogP contribution in [0.3, 0.4) is 0 Å². The van der Waals surface area contributed by atoms with E-state index in [1.165, 1.54) is 6.20 Å². The van der Waals surface area contributed by atoms with Crippen LogP contribution in [0.1, 0.15) is 16.8 Å². The van der Waals surface area contributed by atoms with Crippen molar-refractivity contribution in [3.05, 3.63) is 23.9 Å². The number of carbonyl (C=O) groups excluding carboxylic acids is 1. The maximum atomic E-state index is 12.3. The van der Waals surface area contributed by atoms with Crippen molar-refractivity contribution in [2.24, 2.45) is 5.92 Å². The highest BCUT2D eigenvalue weighted by Crippen LogP contribution is 2.41. The molecule has 3 N–H and O–H groups in total. The quantitative estimate of drug-likeness (QED) is 0.819. The van der Waals surface area contributed by atoms with Gasteiger partial charge in [-0.2, -0.15) is 0 Å². The molecule has 1 aromatic heterocycles. The number of aromatic nitrogens is 1. The maximum absolute atomic E-state index is 12.3. The summed E-state index contributed by atoms with van der Waals surface area (Å²) >= 11 is 0. The minimum atomic E-state index is -0.0975. The number of anilines is 1. The summed E-state index contributed by atoms with van der Waals surface area (Å²) in [6.07, 6.45) is 2.77. The molecule has 1 aliphatic heterocycles. The number of nitrogens with zero attached hydrogens (tertiary/aromatic N) is 2. The van der Waals surface area contributed by atoms with Crippen molar-refractivity contribution in [3.63, 3.8) is 0 Å². The number of likely N-dealkylation sites (N-methyl/N-ethyl adjacent to an activating group) is 1. The molecule has 2 heterocycles. The highest BCUT2D eigenvalue weighted by molar-refractivity contribution is 5.94. The van der Waals surface area contributed by atoms with Gasteiger partial charge in [-0.05, 0) is 32.6 Å². The fourth-order valence-corrected chi connectivity index (χ4v) is 3.26. The summed E-state index contributed by atoms with van der Waals surface area (Å²) in [6.45, 7) is 0.787. The Hall–Kier alpha value is -1.66. The van der Waals surface area contributed by atoms with E-state index in [9.17, 15) is 4.79 Å². The fourth-order valence-electron chi connectivity index (χ4n) is 3.26. The molecule has 0 bridgehead atoms. The summed E-state index contributed by atoms with van der Waals surface area (Å²) in [7, 11) is 4.04. The fraction of sp³-hybridized carbons (Fsp3) is 0.571. The Morgan fingerprint density at radius 3 is 2.95 bits per heavy atom. The predicted octanol–water partition coefficient (Wildman–Crippen LogP) is 0.111. The third-order valence-electron chi connectivity index (χ3n) is 4.29. The van der Waals surface area contributed by atoms with E-state index >= 15 is 0 Å². The molecule has 1 amide bonds. The molecular weight excluding hydrogens is 256 g/mol. The molecule has 20 heavy (non-hydrogen) atoms. The number of carbonyl (C=O) groups is 1. The van der Waals surface area contributed by atoms with Crippen molar-refractivity contribution < 1.29 is 9.53 Å². The van der Waals surface area contributed by atoms with Gasteiger partial charge < -0.3 is 20.7 Å². The van der Waals surface area contributed by atoms with Gasteiger partial charge in [0.25, 0.3) is 5.91 Å². The number of ether oxygens (including phenoxy) is 1. The Labute approximate surface area is 118 Å². The first-order valence-corrected chi connectivity index (χ1v) is 6.88. The van der Waals surface area contributed by atoms with E-state index in [4.69, 9.17) is 10.5 Å². The molecule has 1 aromatic rings. The monoisotopic (exact) mass is 276 g/mol. The lowest BCUT2D eigenvalue weighted by Crippen LogP contribution is -2.69. The van der Waals surface area contributed by atoms with E-state index in [1.807, 2.05) is 14.1 Å². The van der Waals surface area contributed by atoms with Gasteiger partial charge in [0, 0.05) is 18.7 Å². The van der Waals surface area contributed by atoms with Gasteiger partial charge in [-0.25, -0.2) is 4.98 Å². The first-order chi connectivity index (χ1) is 9.58. The van der Waals surface area contributed by atoms with E-state index in [0.717, 1.165) is 13.0 Å². The smallest absolute Gasteiger partial charge is 0.253 e. The number of nitrogens with one attached hydrogen (secondary N) is 1. The Balaban J connectivity index is 1.70. The third kappa shape index (κ3) is 2.14. The molecule has 3 rings (SSSR count). The minimum absolute atomic E-state index is 0.0975. The van der Waals surface area contributed by atoms with Gasteiger partial charge in [-0.1, -0.05) is 0 Å². The Bertz CT molecular complexity index is 502. The lowest BCUT2D eigenvalue weighted by molar-refractivity contribution is -0.0664. The molecule has 0 spiro atoms. The van der Waals surface area contributed by atoms with E-state index in [1.54, 1.807) is 12.1 Å². The van der Waals surface area contributed by atoms with Crippen molar-refractivity contribution >= 4 is 11.7 Å². The van der Waals surface area contributed by atoms with Gasteiger partial charge in [0.2, 0.25) is 0 Å². The van der Waals surface area contributed by atoms with Crippen LogP contribution in [-0.2, 0) is 4.74 Å². The standard InChI is InChI=1S/C14H20N4O2/c1-18(2)12-11(9-5-6-20-13(9)12)17-14(19)8-3-4-10(15)16-7-8/h3-4,7,9,11-13H,5-6H2,1-2H3,(H2,15,16)(H,17,19)/t9-,11+,12-,13-/m1/s1. The number of pyridine rings is 1. The molecular formula is C14H20N4O2. The Morgan fingerprint density at radius 2 is 2.30 bits per heavy atom. The number of rotatable bonds is 3. The van der Waals surface area contributed by atoms with E-state index in [0.29, 0.717) is 17.3 Å². The van der Waals surface area contributed by atoms with Crippen LogP contribution in [0, 0.1) is 5.92 Å². The van der Waals surface area contributed by atoms with Crippen LogP contribution in [0.15, 0.2) is 18.3 Å². The van der Waals surface area contributed by atoms with Gasteiger partial charge >= 0.3 is 0 Å². The minimum Gasteiger partial charge on any atom is -0.384 e. The molecule has 0 radical (unpaired) electrons. The molecule has 4 atom stereocenters. The number of hydrogen-bond acceptors (Lipinski definition) is 5. The van der Waals surface area contributed by atoms with Crippen molar-refractivity contribution in [1.29, 1.82) is 0 Å². The van der Waals surface area contributed by atoms with Crippen LogP contribution < -0.4 is 11.1 Å². The molecule has 1 aliphatic carbocycles. The predicted molar refractivity (Wildman–Crippen MR) is 75.2 cm³/mol. The largest absolute Gasteiger partial charge is 0.384 e. The number of amides is 1. The van der Waals surface area contributed by atoms with Gasteiger partial charge in [0.15, 0.2) is 0 Å². The van der Waals surface area contributed by atoms with E-state index in [2.05, 4.69) is 15.2 Å².